The highest BCUT2D eigenvalue weighted by molar-refractivity contribution is 9.10. The largest absolute Gasteiger partial charge is 0.313 e. The van der Waals surface area contributed by atoms with Crippen LogP contribution >= 0.6 is 15.9 Å². The van der Waals surface area contributed by atoms with Crippen LogP contribution in [0.3, 0.4) is 0 Å². The molecule has 0 aliphatic rings. The number of halogens is 1. The first-order valence-electron chi connectivity index (χ1n) is 6.03. The van der Waals surface area contributed by atoms with Gasteiger partial charge in [0.1, 0.15) is 0 Å². The third kappa shape index (κ3) is 3.18. The maximum atomic E-state index is 4.15. The molecule has 0 radical (unpaired) electrons. The quantitative estimate of drug-likeness (QED) is 0.932. The normalized spacial score (nSPS) is 12.4. The summed E-state index contributed by atoms with van der Waals surface area (Å²) in [7, 11) is 2.00. The summed E-state index contributed by atoms with van der Waals surface area (Å²) in [4.78, 5) is 4.15. The molecule has 1 N–H and O–H groups in total. The minimum Gasteiger partial charge on any atom is -0.313 e. The lowest BCUT2D eigenvalue weighted by atomic mass is 9.97. The molecule has 1 heterocycles. The van der Waals surface area contributed by atoms with E-state index in [-0.39, 0.29) is 0 Å². The second kappa shape index (κ2) is 6.12. The molecular formula is C15H17BrN2. The minimum absolute atomic E-state index is 0.328. The Balaban J connectivity index is 2.20. The number of rotatable bonds is 4. The van der Waals surface area contributed by atoms with Gasteiger partial charge in [0, 0.05) is 22.9 Å². The van der Waals surface area contributed by atoms with Crippen LogP contribution in [0.2, 0.25) is 0 Å². The molecule has 0 bridgehead atoms. The topological polar surface area (TPSA) is 24.9 Å². The molecule has 0 saturated heterocycles. The molecule has 1 aromatic carbocycles. The fourth-order valence-corrected chi connectivity index (χ4v) is 2.36. The molecule has 94 valence electrons. The number of pyridine rings is 1. The summed E-state index contributed by atoms with van der Waals surface area (Å²) in [6.45, 7) is 2.11. The Morgan fingerprint density at radius 1 is 1.22 bits per heavy atom. The molecule has 1 unspecified atom stereocenters. The summed E-state index contributed by atoms with van der Waals surface area (Å²) >= 11 is 3.46. The van der Waals surface area contributed by atoms with Gasteiger partial charge in [-0.05, 0) is 55.3 Å². The summed E-state index contributed by atoms with van der Waals surface area (Å²) in [5.74, 6) is 0. The molecule has 0 spiro atoms. The molecule has 3 heteroatoms. The number of aromatic nitrogens is 1. The molecule has 0 fully saturated rings. The van der Waals surface area contributed by atoms with Crippen LogP contribution in [0.1, 0.15) is 22.7 Å². The lowest BCUT2D eigenvalue weighted by molar-refractivity contribution is 0.588. The van der Waals surface area contributed by atoms with E-state index in [2.05, 4.69) is 63.5 Å². The van der Waals surface area contributed by atoms with Gasteiger partial charge in [0.2, 0.25) is 0 Å². The summed E-state index contributed by atoms with van der Waals surface area (Å²) in [6.07, 6.45) is 4.75. The molecule has 2 nitrogen and oxygen atoms in total. The van der Waals surface area contributed by atoms with Crippen molar-refractivity contribution in [2.45, 2.75) is 19.4 Å². The second-order valence-corrected chi connectivity index (χ2v) is 5.32. The third-order valence-corrected chi connectivity index (χ3v) is 3.67. The summed E-state index contributed by atoms with van der Waals surface area (Å²) < 4.78 is 1.12. The van der Waals surface area contributed by atoms with E-state index in [4.69, 9.17) is 0 Å². The van der Waals surface area contributed by atoms with Crippen LogP contribution in [0.25, 0.3) is 0 Å². The van der Waals surface area contributed by atoms with Crippen LogP contribution in [0.4, 0.5) is 0 Å². The van der Waals surface area contributed by atoms with Crippen molar-refractivity contribution in [2.24, 2.45) is 0 Å². The standard InChI is InChI=1S/C15H17BrN2/c1-11-10-18-8-7-14(11)15(17-2)9-12-3-5-13(16)6-4-12/h3-8,10,15,17H,9H2,1-2H3. The molecule has 0 amide bonds. The first kappa shape index (κ1) is 13.2. The van der Waals surface area contributed by atoms with Gasteiger partial charge in [-0.15, -0.1) is 0 Å². The Hall–Kier alpha value is -1.19. The molecule has 0 aliphatic carbocycles. The van der Waals surface area contributed by atoms with E-state index >= 15 is 0 Å². The lowest BCUT2D eigenvalue weighted by Crippen LogP contribution is -2.19. The van der Waals surface area contributed by atoms with Gasteiger partial charge in [-0.2, -0.15) is 0 Å². The van der Waals surface area contributed by atoms with Gasteiger partial charge in [-0.3, -0.25) is 4.98 Å². The lowest BCUT2D eigenvalue weighted by Gasteiger charge is -2.18. The highest BCUT2D eigenvalue weighted by atomic mass is 79.9. The Morgan fingerprint density at radius 2 is 1.94 bits per heavy atom. The number of benzene rings is 1. The van der Waals surface area contributed by atoms with Gasteiger partial charge in [0.05, 0.1) is 0 Å². The molecular weight excluding hydrogens is 288 g/mol. The SMILES string of the molecule is CNC(Cc1ccc(Br)cc1)c1ccncc1C. The van der Waals surface area contributed by atoms with Crippen molar-refractivity contribution >= 4 is 15.9 Å². The molecule has 1 atom stereocenters. The second-order valence-electron chi connectivity index (χ2n) is 4.40. The number of likely N-dealkylation sites (N-methyl/N-ethyl adjacent to an activating group) is 1. The maximum absolute atomic E-state index is 4.15. The predicted molar refractivity (Wildman–Crippen MR) is 78.6 cm³/mol. The molecule has 0 saturated carbocycles. The first-order chi connectivity index (χ1) is 8.70. The number of nitrogens with zero attached hydrogens (tertiary/aromatic N) is 1. The van der Waals surface area contributed by atoms with Crippen molar-refractivity contribution in [3.05, 3.63) is 63.9 Å². The molecule has 2 rings (SSSR count). The molecule has 1 aromatic heterocycles. The van der Waals surface area contributed by atoms with Crippen LogP contribution in [0.5, 0.6) is 0 Å². The average Bonchev–Trinajstić information content (AvgIpc) is 2.39. The Kier molecular flexibility index (Phi) is 4.50. The third-order valence-electron chi connectivity index (χ3n) is 3.14. The number of hydrogen-bond donors (Lipinski definition) is 1. The van der Waals surface area contributed by atoms with Gasteiger partial charge in [0.25, 0.3) is 0 Å². The average molecular weight is 305 g/mol. The zero-order chi connectivity index (χ0) is 13.0. The smallest absolute Gasteiger partial charge is 0.0362 e. The molecule has 18 heavy (non-hydrogen) atoms. The molecule has 2 aromatic rings. The van der Waals surface area contributed by atoms with E-state index in [9.17, 15) is 0 Å². The van der Waals surface area contributed by atoms with Crippen molar-refractivity contribution in [3.8, 4) is 0 Å². The summed E-state index contributed by atoms with van der Waals surface area (Å²) in [6, 6.07) is 10.9. The molecule has 0 aliphatic heterocycles. The van der Waals surface area contributed by atoms with Crippen molar-refractivity contribution in [3.63, 3.8) is 0 Å². The highest BCUT2D eigenvalue weighted by Crippen LogP contribution is 2.21. The van der Waals surface area contributed by atoms with E-state index in [1.165, 1.54) is 16.7 Å². The summed E-state index contributed by atoms with van der Waals surface area (Å²) in [5.41, 5.74) is 3.87. The Morgan fingerprint density at radius 3 is 2.56 bits per heavy atom. The summed E-state index contributed by atoms with van der Waals surface area (Å²) in [5, 5.41) is 3.38. The van der Waals surface area contributed by atoms with E-state index in [1.807, 2.05) is 19.4 Å². The van der Waals surface area contributed by atoms with Crippen LogP contribution in [0, 0.1) is 6.92 Å². The number of aryl methyl sites for hydroxylation is 1. The van der Waals surface area contributed by atoms with Gasteiger partial charge < -0.3 is 5.32 Å². The van der Waals surface area contributed by atoms with Crippen molar-refractivity contribution in [2.75, 3.05) is 7.05 Å². The number of nitrogens with one attached hydrogen (secondary N) is 1. The Labute approximate surface area is 117 Å². The van der Waals surface area contributed by atoms with E-state index < -0.39 is 0 Å². The minimum atomic E-state index is 0.328. The highest BCUT2D eigenvalue weighted by Gasteiger charge is 2.12. The predicted octanol–water partition coefficient (Wildman–Crippen LogP) is 3.66. The fraction of sp³-hybridized carbons (Fsp3) is 0.267. The van der Waals surface area contributed by atoms with Crippen molar-refractivity contribution in [1.29, 1.82) is 0 Å². The monoisotopic (exact) mass is 304 g/mol. The fourth-order valence-electron chi connectivity index (χ4n) is 2.10. The zero-order valence-corrected chi connectivity index (χ0v) is 12.2. The van der Waals surface area contributed by atoms with Crippen LogP contribution in [0.15, 0.2) is 47.2 Å². The van der Waals surface area contributed by atoms with Crippen LogP contribution < -0.4 is 5.32 Å². The van der Waals surface area contributed by atoms with E-state index in [1.54, 1.807) is 0 Å². The number of hydrogen-bond acceptors (Lipinski definition) is 2. The van der Waals surface area contributed by atoms with Crippen molar-refractivity contribution in [1.82, 2.24) is 10.3 Å². The zero-order valence-electron chi connectivity index (χ0n) is 10.7. The van der Waals surface area contributed by atoms with Gasteiger partial charge in [0.15, 0.2) is 0 Å². The van der Waals surface area contributed by atoms with Crippen LogP contribution in [-0.4, -0.2) is 12.0 Å². The maximum Gasteiger partial charge on any atom is 0.0362 e. The van der Waals surface area contributed by atoms with E-state index in [0.717, 1.165) is 10.9 Å². The van der Waals surface area contributed by atoms with Crippen LogP contribution in [-0.2, 0) is 6.42 Å². The van der Waals surface area contributed by atoms with Crippen molar-refractivity contribution < 1.29 is 0 Å². The van der Waals surface area contributed by atoms with E-state index in [0.29, 0.717) is 6.04 Å². The Bertz CT molecular complexity index is 508. The first-order valence-corrected chi connectivity index (χ1v) is 6.82. The van der Waals surface area contributed by atoms with Gasteiger partial charge >= 0.3 is 0 Å². The van der Waals surface area contributed by atoms with Gasteiger partial charge in [-0.1, -0.05) is 28.1 Å². The van der Waals surface area contributed by atoms with Gasteiger partial charge in [-0.25, -0.2) is 0 Å².